The number of hydrogen-bond donors (Lipinski definition) is 1. The minimum atomic E-state index is -0.953. The topological polar surface area (TPSA) is 71.9 Å². The Morgan fingerprint density at radius 2 is 1.79 bits per heavy atom. The van der Waals surface area contributed by atoms with Gasteiger partial charge in [0.2, 0.25) is 0 Å². The highest BCUT2D eigenvalue weighted by molar-refractivity contribution is 5.89. The second kappa shape index (κ2) is 10.9. The van der Waals surface area contributed by atoms with Crippen molar-refractivity contribution in [3.05, 3.63) is 78.1 Å². The van der Waals surface area contributed by atoms with E-state index in [4.69, 9.17) is 9.47 Å². The summed E-state index contributed by atoms with van der Waals surface area (Å²) in [5, 5.41) is 9.50. The predicted octanol–water partition coefficient (Wildman–Crippen LogP) is 6.23. The largest absolute Gasteiger partial charge is 0.493 e. The molecule has 6 heteroatoms. The maximum Gasteiger partial charge on any atom is 0.335 e. The first kappa shape index (κ1) is 22.6. The number of aromatic carboxylic acids is 1. The van der Waals surface area contributed by atoms with Crippen molar-refractivity contribution in [1.82, 2.24) is 4.98 Å². The highest BCUT2D eigenvalue weighted by atomic mass is 16.5. The van der Waals surface area contributed by atoms with Gasteiger partial charge in [0, 0.05) is 36.4 Å². The number of rotatable bonds is 8. The first-order valence-corrected chi connectivity index (χ1v) is 11.5. The number of methoxy groups -OCH3 is 1. The maximum absolute atomic E-state index is 11.6. The Hall–Kier alpha value is -3.54. The summed E-state index contributed by atoms with van der Waals surface area (Å²) in [4.78, 5) is 17.9. The summed E-state index contributed by atoms with van der Waals surface area (Å²) in [5.74, 6) is 0.460. The lowest BCUT2D eigenvalue weighted by atomic mass is 10.1. The van der Waals surface area contributed by atoms with E-state index in [1.54, 1.807) is 31.5 Å². The van der Waals surface area contributed by atoms with Crippen molar-refractivity contribution in [2.75, 3.05) is 12.0 Å². The first-order valence-electron chi connectivity index (χ1n) is 11.5. The van der Waals surface area contributed by atoms with Crippen LogP contribution in [-0.2, 0) is 6.54 Å². The molecule has 3 aromatic rings. The molecule has 1 saturated carbocycles. The number of carboxylic acids is 1. The third-order valence-electron chi connectivity index (χ3n) is 6.02. The lowest BCUT2D eigenvalue weighted by Gasteiger charge is -2.27. The zero-order chi connectivity index (χ0) is 23.0. The molecule has 4 rings (SSSR count). The van der Waals surface area contributed by atoms with Crippen LogP contribution in [0.25, 0.3) is 0 Å². The van der Waals surface area contributed by atoms with Gasteiger partial charge in [-0.3, -0.25) is 4.98 Å². The summed E-state index contributed by atoms with van der Waals surface area (Å²) in [6.45, 7) is 0.534. The zero-order valence-electron chi connectivity index (χ0n) is 18.9. The Morgan fingerprint density at radius 1 is 1.00 bits per heavy atom. The molecule has 1 aromatic heterocycles. The van der Waals surface area contributed by atoms with E-state index in [2.05, 4.69) is 9.88 Å². The second-order valence-electron chi connectivity index (χ2n) is 8.37. The van der Waals surface area contributed by atoms with Gasteiger partial charge >= 0.3 is 5.97 Å². The quantitative estimate of drug-likeness (QED) is 0.414. The third-order valence-corrected chi connectivity index (χ3v) is 6.02. The summed E-state index contributed by atoms with van der Waals surface area (Å²) < 4.78 is 12.0. The van der Waals surface area contributed by atoms with Crippen LogP contribution >= 0.6 is 0 Å². The third kappa shape index (κ3) is 5.83. The van der Waals surface area contributed by atoms with E-state index in [1.165, 1.54) is 25.7 Å². The molecule has 1 fully saturated rings. The van der Waals surface area contributed by atoms with Gasteiger partial charge in [-0.1, -0.05) is 25.0 Å². The number of carboxylic acid groups (broad SMARTS) is 1. The fourth-order valence-electron chi connectivity index (χ4n) is 4.28. The van der Waals surface area contributed by atoms with Crippen LogP contribution in [0.5, 0.6) is 11.5 Å². The monoisotopic (exact) mass is 446 g/mol. The van der Waals surface area contributed by atoms with E-state index < -0.39 is 5.97 Å². The number of anilines is 2. The van der Waals surface area contributed by atoms with E-state index in [-0.39, 0.29) is 11.7 Å². The molecule has 6 nitrogen and oxygen atoms in total. The Labute approximate surface area is 194 Å². The van der Waals surface area contributed by atoms with Crippen LogP contribution < -0.4 is 14.4 Å². The van der Waals surface area contributed by atoms with Crippen LogP contribution in [0, 0.1) is 0 Å². The van der Waals surface area contributed by atoms with Gasteiger partial charge in [-0.2, -0.15) is 0 Å². The standard InChI is InChI=1S/C27H30N2O4/c1-32-25-14-13-23(17-26(25)33-24-11-4-2-3-5-12-24)29(19-20-8-7-15-28-18-20)22-10-6-9-21(16-22)27(30)31/h6-10,13-18,24H,2-5,11-12,19H2,1H3,(H,30,31). The molecule has 1 aliphatic rings. The summed E-state index contributed by atoms with van der Waals surface area (Å²) in [7, 11) is 1.65. The van der Waals surface area contributed by atoms with Crippen LogP contribution in [0.1, 0.15) is 54.4 Å². The molecule has 1 heterocycles. The first-order chi connectivity index (χ1) is 16.1. The number of ether oxygens (including phenoxy) is 2. The summed E-state index contributed by atoms with van der Waals surface area (Å²) in [5.41, 5.74) is 2.93. The lowest BCUT2D eigenvalue weighted by Crippen LogP contribution is -2.19. The highest BCUT2D eigenvalue weighted by Gasteiger charge is 2.19. The molecule has 0 aliphatic heterocycles. The molecule has 0 amide bonds. The van der Waals surface area contributed by atoms with E-state index in [1.807, 2.05) is 42.6 Å². The van der Waals surface area contributed by atoms with Crippen LogP contribution in [0.4, 0.5) is 11.4 Å². The number of aromatic nitrogens is 1. The van der Waals surface area contributed by atoms with Gasteiger partial charge in [0.25, 0.3) is 0 Å². The van der Waals surface area contributed by atoms with Crippen molar-refractivity contribution < 1.29 is 19.4 Å². The molecular weight excluding hydrogens is 416 g/mol. The van der Waals surface area contributed by atoms with E-state index >= 15 is 0 Å². The van der Waals surface area contributed by atoms with Gasteiger partial charge in [0.15, 0.2) is 11.5 Å². The van der Waals surface area contributed by atoms with Crippen molar-refractivity contribution in [3.8, 4) is 11.5 Å². The zero-order valence-corrected chi connectivity index (χ0v) is 18.9. The minimum Gasteiger partial charge on any atom is -0.493 e. The SMILES string of the molecule is COc1ccc(N(Cc2cccnc2)c2cccc(C(=O)O)c2)cc1OC1CCCCCC1. The number of benzene rings is 2. The number of nitrogens with zero attached hydrogens (tertiary/aromatic N) is 2. The molecule has 0 saturated heterocycles. The molecule has 0 spiro atoms. The molecule has 33 heavy (non-hydrogen) atoms. The number of carbonyl (C=O) groups is 1. The summed E-state index contributed by atoms with van der Waals surface area (Å²) in [6.07, 6.45) is 10.7. The molecule has 172 valence electrons. The molecule has 0 atom stereocenters. The van der Waals surface area contributed by atoms with Crippen molar-refractivity contribution in [2.24, 2.45) is 0 Å². The Morgan fingerprint density at radius 3 is 2.48 bits per heavy atom. The van der Waals surface area contributed by atoms with E-state index in [0.29, 0.717) is 18.0 Å². The number of hydrogen-bond acceptors (Lipinski definition) is 5. The van der Waals surface area contributed by atoms with Gasteiger partial charge < -0.3 is 19.5 Å². The fourth-order valence-corrected chi connectivity index (χ4v) is 4.28. The van der Waals surface area contributed by atoms with Crippen LogP contribution in [0.2, 0.25) is 0 Å². The maximum atomic E-state index is 11.6. The van der Waals surface area contributed by atoms with Gasteiger partial charge in [-0.15, -0.1) is 0 Å². The van der Waals surface area contributed by atoms with Crippen molar-refractivity contribution in [1.29, 1.82) is 0 Å². The van der Waals surface area contributed by atoms with Gasteiger partial charge in [0.1, 0.15) is 0 Å². The molecule has 1 aliphatic carbocycles. The molecule has 2 aromatic carbocycles. The van der Waals surface area contributed by atoms with Gasteiger partial charge in [0.05, 0.1) is 18.8 Å². The number of pyridine rings is 1. The average Bonchev–Trinajstić information content (AvgIpc) is 3.12. The summed E-state index contributed by atoms with van der Waals surface area (Å²) >= 11 is 0. The van der Waals surface area contributed by atoms with Crippen LogP contribution in [0.15, 0.2) is 67.0 Å². The molecule has 1 N–H and O–H groups in total. The molecule has 0 unspecified atom stereocenters. The molecule has 0 radical (unpaired) electrons. The van der Waals surface area contributed by atoms with Crippen LogP contribution in [-0.4, -0.2) is 29.3 Å². The minimum absolute atomic E-state index is 0.179. The average molecular weight is 447 g/mol. The normalized spacial score (nSPS) is 14.3. The van der Waals surface area contributed by atoms with Gasteiger partial charge in [-0.25, -0.2) is 4.79 Å². The Bertz CT molecular complexity index is 1060. The lowest BCUT2D eigenvalue weighted by molar-refractivity contribution is 0.0697. The fraction of sp³-hybridized carbons (Fsp3) is 0.333. The molecule has 0 bridgehead atoms. The smallest absolute Gasteiger partial charge is 0.335 e. The van der Waals surface area contributed by atoms with Crippen LogP contribution in [0.3, 0.4) is 0 Å². The van der Waals surface area contributed by atoms with Crippen molar-refractivity contribution in [3.63, 3.8) is 0 Å². The summed E-state index contributed by atoms with van der Waals surface area (Å²) in [6, 6.07) is 16.8. The Kier molecular flexibility index (Phi) is 7.45. The van der Waals surface area contributed by atoms with E-state index in [0.717, 1.165) is 29.8 Å². The second-order valence-corrected chi connectivity index (χ2v) is 8.37. The molecular formula is C27H30N2O4. The van der Waals surface area contributed by atoms with E-state index in [9.17, 15) is 9.90 Å². The highest BCUT2D eigenvalue weighted by Crippen LogP contribution is 2.37. The van der Waals surface area contributed by atoms with Gasteiger partial charge in [-0.05, 0) is 67.6 Å². The van der Waals surface area contributed by atoms with Crippen molar-refractivity contribution >= 4 is 17.3 Å². The predicted molar refractivity (Wildman–Crippen MR) is 129 cm³/mol. The van der Waals surface area contributed by atoms with Crippen molar-refractivity contribution in [2.45, 2.75) is 51.2 Å². The Balaban J connectivity index is 1.71.